The van der Waals surface area contributed by atoms with Gasteiger partial charge in [0, 0.05) is 80.2 Å². The highest BCUT2D eigenvalue weighted by Crippen LogP contribution is 2.50. The summed E-state index contributed by atoms with van der Waals surface area (Å²) in [6.45, 7) is 6.90. The van der Waals surface area contributed by atoms with Crippen molar-refractivity contribution in [2.24, 2.45) is 12.5 Å². The minimum atomic E-state index is -0.597. The van der Waals surface area contributed by atoms with Crippen LogP contribution in [0, 0.1) is 18.2 Å². The van der Waals surface area contributed by atoms with Crippen LogP contribution in [0.5, 0.6) is 5.88 Å². The van der Waals surface area contributed by atoms with E-state index in [0.29, 0.717) is 34.0 Å². The molecule has 47 heavy (non-hydrogen) atoms. The van der Waals surface area contributed by atoms with Crippen LogP contribution in [0.15, 0.2) is 53.5 Å². The van der Waals surface area contributed by atoms with E-state index < -0.39 is 17.3 Å². The molecule has 7 rings (SSSR count). The maximum absolute atomic E-state index is 15.6. The number of aromatic nitrogens is 3. The summed E-state index contributed by atoms with van der Waals surface area (Å²) in [5.74, 6) is -0.455. The molecule has 2 amide bonds. The summed E-state index contributed by atoms with van der Waals surface area (Å²) < 4.78 is 22.5. The second kappa shape index (κ2) is 11.6. The SMILES string of the molecule is COc1nc(-c2ccc(F)c(-c3cccc(NC(=O)c4ccnn(C)c4=O)c3C)c2Cl)cc2c1[C@@H](N1CC3(CN(C(C)=O)C3)C1)CC2. The Morgan fingerprint density at radius 3 is 2.60 bits per heavy atom. The van der Waals surface area contributed by atoms with Crippen LogP contribution in [0.1, 0.15) is 46.4 Å². The highest BCUT2D eigenvalue weighted by molar-refractivity contribution is 6.36. The number of rotatable bonds is 6. The Labute approximate surface area is 276 Å². The van der Waals surface area contributed by atoms with Crippen LogP contribution < -0.4 is 15.6 Å². The maximum atomic E-state index is 15.6. The van der Waals surface area contributed by atoms with E-state index in [-0.39, 0.29) is 33.5 Å². The van der Waals surface area contributed by atoms with Crippen LogP contribution in [0.25, 0.3) is 22.4 Å². The first-order chi connectivity index (χ1) is 22.5. The number of nitrogens with zero attached hydrogens (tertiary/aromatic N) is 5. The molecule has 2 fully saturated rings. The molecule has 2 aromatic carbocycles. The van der Waals surface area contributed by atoms with Crippen molar-refractivity contribution in [1.29, 1.82) is 0 Å². The zero-order valence-corrected chi connectivity index (χ0v) is 27.3. The highest BCUT2D eigenvalue weighted by Gasteiger charge is 2.55. The number of benzene rings is 2. The minimum Gasteiger partial charge on any atom is -0.481 e. The van der Waals surface area contributed by atoms with Gasteiger partial charge in [0.15, 0.2) is 0 Å². The van der Waals surface area contributed by atoms with Crippen LogP contribution in [-0.4, -0.2) is 69.7 Å². The zero-order valence-electron chi connectivity index (χ0n) is 26.6. The monoisotopic (exact) mass is 656 g/mol. The summed E-state index contributed by atoms with van der Waals surface area (Å²) in [5, 5.41) is 6.83. The van der Waals surface area contributed by atoms with E-state index in [1.54, 1.807) is 45.2 Å². The molecule has 1 N–H and O–H groups in total. The molecule has 242 valence electrons. The lowest BCUT2D eigenvalue weighted by Crippen LogP contribution is -2.72. The molecule has 0 saturated carbocycles. The van der Waals surface area contributed by atoms with Gasteiger partial charge in [-0.25, -0.2) is 14.1 Å². The first-order valence-corrected chi connectivity index (χ1v) is 15.9. The number of nitrogens with one attached hydrogen (secondary N) is 1. The highest BCUT2D eigenvalue weighted by atomic mass is 35.5. The number of methoxy groups -OCH3 is 1. The first-order valence-electron chi connectivity index (χ1n) is 15.5. The molecule has 1 aliphatic carbocycles. The quantitative estimate of drug-likeness (QED) is 0.310. The third-order valence-electron chi connectivity index (χ3n) is 9.81. The van der Waals surface area contributed by atoms with Gasteiger partial charge < -0.3 is 15.0 Å². The van der Waals surface area contributed by atoms with Crippen LogP contribution in [0.2, 0.25) is 5.02 Å². The number of amides is 2. The molecule has 1 spiro atoms. The van der Waals surface area contributed by atoms with Crippen molar-refractivity contribution < 1.29 is 18.7 Å². The Bertz CT molecular complexity index is 2020. The van der Waals surface area contributed by atoms with Gasteiger partial charge in [-0.15, -0.1) is 0 Å². The fourth-order valence-corrected chi connectivity index (χ4v) is 7.72. The molecule has 4 heterocycles. The third kappa shape index (κ3) is 5.18. The van der Waals surface area contributed by atoms with Crippen LogP contribution in [0.4, 0.5) is 10.1 Å². The van der Waals surface area contributed by atoms with Crippen molar-refractivity contribution in [3.05, 3.63) is 92.1 Å². The lowest BCUT2D eigenvalue weighted by atomic mass is 9.72. The van der Waals surface area contributed by atoms with E-state index >= 15 is 4.39 Å². The van der Waals surface area contributed by atoms with Crippen LogP contribution in [0.3, 0.4) is 0 Å². The Kier molecular flexibility index (Phi) is 7.64. The average Bonchev–Trinajstić information content (AvgIpc) is 3.42. The van der Waals surface area contributed by atoms with Gasteiger partial charge in [0.1, 0.15) is 11.4 Å². The molecular formula is C35H34ClFN6O4. The van der Waals surface area contributed by atoms with Crippen molar-refractivity contribution in [2.75, 3.05) is 38.6 Å². The molecule has 10 nitrogen and oxygen atoms in total. The van der Waals surface area contributed by atoms with Gasteiger partial charge in [-0.05, 0) is 66.8 Å². The number of aryl methyl sites for hydroxylation is 2. The lowest BCUT2D eigenvalue weighted by Gasteiger charge is -2.61. The molecule has 0 radical (unpaired) electrons. The lowest BCUT2D eigenvalue weighted by molar-refractivity contribution is -0.161. The number of carbonyl (C=O) groups excluding carboxylic acids is 2. The smallest absolute Gasteiger partial charge is 0.279 e. The fourth-order valence-electron chi connectivity index (χ4n) is 7.37. The predicted octanol–water partition coefficient (Wildman–Crippen LogP) is 5.02. The Morgan fingerprint density at radius 2 is 1.87 bits per heavy atom. The molecule has 2 saturated heterocycles. The van der Waals surface area contributed by atoms with Crippen molar-refractivity contribution >= 4 is 29.1 Å². The van der Waals surface area contributed by atoms with Gasteiger partial charge in [-0.1, -0.05) is 23.7 Å². The van der Waals surface area contributed by atoms with Crippen LogP contribution >= 0.6 is 11.6 Å². The van der Waals surface area contributed by atoms with E-state index in [2.05, 4.69) is 15.3 Å². The number of ether oxygens (including phenoxy) is 1. The summed E-state index contributed by atoms with van der Waals surface area (Å²) >= 11 is 7.00. The molecule has 2 aromatic heterocycles. The third-order valence-corrected chi connectivity index (χ3v) is 10.2. The summed E-state index contributed by atoms with van der Waals surface area (Å²) in [6.07, 6.45) is 3.17. The maximum Gasteiger partial charge on any atom is 0.279 e. The topological polar surface area (TPSA) is 110 Å². The van der Waals surface area contributed by atoms with Gasteiger partial charge in [0.2, 0.25) is 11.8 Å². The number of carbonyl (C=O) groups is 2. The molecule has 0 unspecified atom stereocenters. The van der Waals surface area contributed by atoms with Crippen molar-refractivity contribution in [3.8, 4) is 28.3 Å². The zero-order chi connectivity index (χ0) is 33.2. The molecular weight excluding hydrogens is 623 g/mol. The average molecular weight is 657 g/mol. The largest absolute Gasteiger partial charge is 0.481 e. The molecule has 12 heteroatoms. The molecule has 0 bridgehead atoms. The number of likely N-dealkylation sites (tertiary alicyclic amines) is 2. The van der Waals surface area contributed by atoms with E-state index in [9.17, 15) is 14.4 Å². The first kappa shape index (κ1) is 31.0. The Balaban J connectivity index is 1.18. The summed E-state index contributed by atoms with van der Waals surface area (Å²) in [6, 6.07) is 11.7. The van der Waals surface area contributed by atoms with E-state index in [1.165, 1.54) is 25.4 Å². The van der Waals surface area contributed by atoms with Crippen molar-refractivity contribution in [3.63, 3.8) is 0 Å². The summed E-state index contributed by atoms with van der Waals surface area (Å²) in [5.41, 5.74) is 4.63. The Hall–Kier alpha value is -4.61. The molecule has 4 aromatic rings. The number of hydrogen-bond acceptors (Lipinski definition) is 7. The van der Waals surface area contributed by atoms with Gasteiger partial charge in [0.05, 0.1) is 17.8 Å². The normalized spacial score (nSPS) is 18.0. The van der Waals surface area contributed by atoms with Gasteiger partial charge in [-0.3, -0.25) is 19.3 Å². The van der Waals surface area contributed by atoms with Gasteiger partial charge >= 0.3 is 0 Å². The Morgan fingerprint density at radius 1 is 1.11 bits per heavy atom. The van der Waals surface area contributed by atoms with Gasteiger partial charge in [0.25, 0.3) is 11.5 Å². The standard InChI is InChI=1S/C35H34ClFN6O4/c1-19-22(6-5-7-26(19)39-32(45)24-12-13-38-41(3)34(24)46)30-25(37)10-9-23(31(30)36)27-14-21-8-11-28(29(21)33(40-27)47-4)43-17-35(18-43)15-42(16-35)20(2)44/h5-7,9-10,12-14,28H,8,11,15-18H2,1-4H3,(H,39,45)/t28-/m0/s1. The van der Waals surface area contributed by atoms with Crippen LogP contribution in [-0.2, 0) is 18.3 Å². The number of pyridine rings is 1. The van der Waals surface area contributed by atoms with Crippen molar-refractivity contribution in [2.45, 2.75) is 32.7 Å². The number of fused-ring (bicyclic) bond motifs is 1. The van der Waals surface area contributed by atoms with E-state index in [0.717, 1.165) is 54.8 Å². The summed E-state index contributed by atoms with van der Waals surface area (Å²) in [4.78, 5) is 46.4. The predicted molar refractivity (Wildman–Crippen MR) is 176 cm³/mol. The second-order valence-electron chi connectivity index (χ2n) is 12.8. The number of hydrogen-bond donors (Lipinski definition) is 1. The van der Waals surface area contributed by atoms with E-state index in [1.807, 2.05) is 11.0 Å². The minimum absolute atomic E-state index is 0.0614. The second-order valence-corrected chi connectivity index (χ2v) is 13.2. The van der Waals surface area contributed by atoms with Gasteiger partial charge in [-0.2, -0.15) is 5.10 Å². The number of anilines is 1. The summed E-state index contributed by atoms with van der Waals surface area (Å²) in [7, 11) is 3.08. The molecule has 2 aliphatic heterocycles. The molecule has 1 atom stereocenters. The molecule has 3 aliphatic rings. The number of halogens is 2. The van der Waals surface area contributed by atoms with Crippen molar-refractivity contribution in [1.82, 2.24) is 24.6 Å². The van der Waals surface area contributed by atoms with E-state index in [4.69, 9.17) is 21.3 Å². The fraction of sp³-hybridized carbons (Fsp3) is 0.343.